The highest BCUT2D eigenvalue weighted by Crippen LogP contribution is 2.21. The number of rotatable bonds is 4. The minimum absolute atomic E-state index is 0.158. The molecular formula is C18H17FN6O3. The average Bonchev–Trinajstić information content (AvgIpc) is 3.23. The normalized spacial score (nSPS) is 13.2. The predicted molar refractivity (Wildman–Crippen MR) is 97.5 cm³/mol. The topological polar surface area (TPSA) is 102 Å². The molecule has 3 aromatic rings. The van der Waals surface area contributed by atoms with Gasteiger partial charge in [0.05, 0.1) is 24.0 Å². The Hall–Kier alpha value is -3.56. The van der Waals surface area contributed by atoms with Crippen LogP contribution in [0.15, 0.2) is 29.2 Å². The van der Waals surface area contributed by atoms with Crippen LogP contribution < -0.4 is 10.9 Å². The summed E-state index contributed by atoms with van der Waals surface area (Å²) in [6.07, 6.45) is 1.60. The summed E-state index contributed by atoms with van der Waals surface area (Å²) in [5.74, 6) is -1.13. The zero-order chi connectivity index (χ0) is 20.0. The number of aryl methyl sites for hydroxylation is 1. The third-order valence-electron chi connectivity index (χ3n) is 4.63. The standard InChI is InChI=1S/C18H17FN6O3/c1-3-11-6-15-24(9-14(26)21-13-5-4-10(19)7-20-13)16-12(8-23(2)18(16)28)17(27)25(15)22-11/h4-7H,3,8-9H2,1-2H3,(H,20,21,26). The van der Waals surface area contributed by atoms with Crippen LogP contribution in [0.25, 0.3) is 5.65 Å². The Balaban J connectivity index is 1.79. The van der Waals surface area contributed by atoms with E-state index in [0.29, 0.717) is 23.3 Å². The van der Waals surface area contributed by atoms with Gasteiger partial charge in [-0.2, -0.15) is 9.61 Å². The number of nitrogens with one attached hydrogen (secondary N) is 1. The van der Waals surface area contributed by atoms with Gasteiger partial charge in [-0.1, -0.05) is 6.92 Å². The number of nitrogens with zero attached hydrogens (tertiary/aromatic N) is 5. The Morgan fingerprint density at radius 2 is 2.11 bits per heavy atom. The van der Waals surface area contributed by atoms with Crippen molar-refractivity contribution in [2.75, 3.05) is 12.4 Å². The zero-order valence-electron chi connectivity index (χ0n) is 15.3. The van der Waals surface area contributed by atoms with Gasteiger partial charge in [-0.15, -0.1) is 0 Å². The minimum atomic E-state index is -0.516. The van der Waals surface area contributed by atoms with Gasteiger partial charge in [0.1, 0.15) is 29.5 Å². The molecule has 1 aliphatic rings. The fraction of sp³-hybridized carbons (Fsp3) is 0.278. The molecule has 2 amide bonds. The van der Waals surface area contributed by atoms with Crippen molar-refractivity contribution in [2.24, 2.45) is 0 Å². The first-order chi connectivity index (χ1) is 13.4. The fourth-order valence-corrected chi connectivity index (χ4v) is 3.25. The van der Waals surface area contributed by atoms with Crippen LogP contribution in [0.3, 0.4) is 0 Å². The summed E-state index contributed by atoms with van der Waals surface area (Å²) in [6, 6.07) is 4.21. The summed E-state index contributed by atoms with van der Waals surface area (Å²) in [5, 5.41) is 6.85. The van der Waals surface area contributed by atoms with E-state index in [0.717, 1.165) is 6.20 Å². The first-order valence-corrected chi connectivity index (χ1v) is 8.70. The van der Waals surface area contributed by atoms with Crippen molar-refractivity contribution in [2.45, 2.75) is 26.4 Å². The highest BCUT2D eigenvalue weighted by molar-refractivity contribution is 5.98. The smallest absolute Gasteiger partial charge is 0.280 e. The number of fused-ring (bicyclic) bond motifs is 2. The number of hydrogen-bond donors (Lipinski definition) is 1. The van der Waals surface area contributed by atoms with E-state index in [1.165, 1.54) is 26.1 Å². The molecule has 0 atom stereocenters. The molecule has 4 rings (SSSR count). The molecule has 28 heavy (non-hydrogen) atoms. The average molecular weight is 384 g/mol. The van der Waals surface area contributed by atoms with E-state index in [9.17, 15) is 18.8 Å². The molecule has 0 saturated heterocycles. The van der Waals surface area contributed by atoms with E-state index in [1.54, 1.807) is 13.1 Å². The number of aromatic nitrogens is 4. The molecule has 0 unspecified atom stereocenters. The summed E-state index contributed by atoms with van der Waals surface area (Å²) in [5.41, 5.74) is 1.17. The molecule has 3 aromatic heterocycles. The minimum Gasteiger partial charge on any atom is -0.336 e. The monoisotopic (exact) mass is 384 g/mol. The highest BCUT2D eigenvalue weighted by atomic mass is 19.1. The molecule has 0 spiro atoms. The Labute approximate surface area is 158 Å². The predicted octanol–water partition coefficient (Wildman–Crippen LogP) is 0.817. The van der Waals surface area contributed by atoms with Crippen LogP contribution in [0, 0.1) is 5.82 Å². The van der Waals surface area contributed by atoms with Crippen LogP contribution in [-0.2, 0) is 24.3 Å². The van der Waals surface area contributed by atoms with E-state index >= 15 is 0 Å². The van der Waals surface area contributed by atoms with Gasteiger partial charge in [-0.3, -0.25) is 14.4 Å². The van der Waals surface area contributed by atoms with Crippen LogP contribution in [0.2, 0.25) is 0 Å². The number of carbonyl (C=O) groups is 2. The maximum Gasteiger partial charge on any atom is 0.280 e. The lowest BCUT2D eigenvalue weighted by Crippen LogP contribution is -2.29. The molecule has 0 fully saturated rings. The molecule has 1 N–H and O–H groups in total. The summed E-state index contributed by atoms with van der Waals surface area (Å²) >= 11 is 0. The first kappa shape index (κ1) is 17.8. The number of carbonyl (C=O) groups excluding carboxylic acids is 2. The third-order valence-corrected chi connectivity index (χ3v) is 4.63. The van der Waals surface area contributed by atoms with Crippen molar-refractivity contribution >= 4 is 23.3 Å². The lowest BCUT2D eigenvalue weighted by molar-refractivity contribution is -0.116. The Bertz CT molecular complexity index is 1160. The third kappa shape index (κ3) is 2.82. The van der Waals surface area contributed by atoms with Crippen LogP contribution in [-0.4, -0.2) is 42.9 Å². The zero-order valence-corrected chi connectivity index (χ0v) is 15.3. The van der Waals surface area contributed by atoms with Gasteiger partial charge >= 0.3 is 0 Å². The summed E-state index contributed by atoms with van der Waals surface area (Å²) < 4.78 is 15.7. The van der Waals surface area contributed by atoms with Gasteiger partial charge < -0.3 is 14.8 Å². The number of pyridine rings is 1. The summed E-state index contributed by atoms with van der Waals surface area (Å²) in [6.45, 7) is 1.83. The molecule has 1 aliphatic heterocycles. The largest absolute Gasteiger partial charge is 0.336 e. The van der Waals surface area contributed by atoms with E-state index < -0.39 is 11.7 Å². The van der Waals surface area contributed by atoms with E-state index in [1.807, 2.05) is 6.92 Å². The molecule has 4 heterocycles. The van der Waals surface area contributed by atoms with Gasteiger partial charge in [0.25, 0.3) is 11.5 Å². The number of anilines is 1. The Morgan fingerprint density at radius 1 is 1.32 bits per heavy atom. The van der Waals surface area contributed by atoms with Crippen molar-refractivity contribution in [3.05, 3.63) is 57.5 Å². The van der Waals surface area contributed by atoms with Crippen LogP contribution in [0.1, 0.15) is 28.7 Å². The molecule has 0 radical (unpaired) electrons. The van der Waals surface area contributed by atoms with E-state index in [4.69, 9.17) is 0 Å². The molecular weight excluding hydrogens is 367 g/mol. The number of amides is 2. The van der Waals surface area contributed by atoms with Crippen molar-refractivity contribution in [1.29, 1.82) is 0 Å². The lowest BCUT2D eigenvalue weighted by Gasteiger charge is -2.13. The Kier molecular flexibility index (Phi) is 4.17. The quantitative estimate of drug-likeness (QED) is 0.718. The summed E-state index contributed by atoms with van der Waals surface area (Å²) in [7, 11) is 1.59. The van der Waals surface area contributed by atoms with Crippen molar-refractivity contribution < 1.29 is 14.0 Å². The van der Waals surface area contributed by atoms with Gasteiger partial charge in [-0.05, 0) is 18.6 Å². The lowest BCUT2D eigenvalue weighted by atomic mass is 10.2. The SMILES string of the molecule is CCc1cc2n(CC(=O)Nc3ccc(F)cn3)c3c(c(=O)n2n1)CN(C)C3=O. The highest BCUT2D eigenvalue weighted by Gasteiger charge is 2.33. The van der Waals surface area contributed by atoms with Crippen molar-refractivity contribution in [3.63, 3.8) is 0 Å². The molecule has 10 heteroatoms. The van der Waals surface area contributed by atoms with Gasteiger partial charge in [-0.25, -0.2) is 9.37 Å². The second kappa shape index (κ2) is 6.55. The van der Waals surface area contributed by atoms with Gasteiger partial charge in [0.2, 0.25) is 5.91 Å². The Morgan fingerprint density at radius 3 is 2.79 bits per heavy atom. The molecule has 0 aromatic carbocycles. The summed E-state index contributed by atoms with van der Waals surface area (Å²) in [4.78, 5) is 43.2. The van der Waals surface area contributed by atoms with Crippen molar-refractivity contribution in [1.82, 2.24) is 24.1 Å². The molecule has 0 bridgehead atoms. The van der Waals surface area contributed by atoms with Crippen LogP contribution in [0.4, 0.5) is 10.2 Å². The second-order valence-corrected chi connectivity index (χ2v) is 6.55. The first-order valence-electron chi connectivity index (χ1n) is 8.70. The maximum absolute atomic E-state index is 13.0. The molecule has 9 nitrogen and oxygen atoms in total. The molecule has 144 valence electrons. The molecule has 0 aliphatic carbocycles. The van der Waals surface area contributed by atoms with Crippen molar-refractivity contribution in [3.8, 4) is 0 Å². The fourth-order valence-electron chi connectivity index (χ4n) is 3.25. The van der Waals surface area contributed by atoms with E-state index in [2.05, 4.69) is 15.4 Å². The van der Waals surface area contributed by atoms with Gasteiger partial charge in [0.15, 0.2) is 0 Å². The number of halogens is 1. The second-order valence-electron chi connectivity index (χ2n) is 6.55. The maximum atomic E-state index is 13.0. The van der Waals surface area contributed by atoms with Crippen LogP contribution >= 0.6 is 0 Å². The number of hydrogen-bond acceptors (Lipinski definition) is 5. The van der Waals surface area contributed by atoms with Gasteiger partial charge in [0, 0.05) is 13.1 Å². The molecule has 0 saturated carbocycles. The van der Waals surface area contributed by atoms with E-state index in [-0.39, 0.29) is 36.1 Å². The van der Waals surface area contributed by atoms with Crippen LogP contribution in [0.5, 0.6) is 0 Å².